The van der Waals surface area contributed by atoms with Crippen LogP contribution in [0.25, 0.3) is 10.9 Å². The first-order chi connectivity index (χ1) is 9.54. The Morgan fingerprint density at radius 1 is 1.45 bits per heavy atom. The second-order valence-corrected chi connectivity index (χ2v) is 5.09. The number of hydrogen-bond donors (Lipinski definition) is 0. The maximum Gasteiger partial charge on any atom is 0.343 e. The molecule has 0 radical (unpaired) electrons. The van der Waals surface area contributed by atoms with Gasteiger partial charge in [0.1, 0.15) is 11.4 Å². The Labute approximate surface area is 118 Å². The van der Waals surface area contributed by atoms with Gasteiger partial charge in [-0.15, -0.1) is 0 Å². The highest BCUT2D eigenvalue weighted by molar-refractivity contribution is 6.31. The van der Waals surface area contributed by atoms with Gasteiger partial charge in [0.05, 0.1) is 17.6 Å². The van der Waals surface area contributed by atoms with Gasteiger partial charge in [-0.2, -0.15) is 0 Å². The predicted molar refractivity (Wildman–Crippen MR) is 72.8 cm³/mol. The van der Waals surface area contributed by atoms with Crippen molar-refractivity contribution in [2.45, 2.75) is 19.4 Å². The van der Waals surface area contributed by atoms with Gasteiger partial charge in [-0.1, -0.05) is 11.6 Å². The number of pyridine rings is 1. The van der Waals surface area contributed by atoms with Gasteiger partial charge in [0.2, 0.25) is 5.43 Å². The number of ether oxygens (including phenoxy) is 1. The van der Waals surface area contributed by atoms with Gasteiger partial charge in [-0.05, 0) is 25.0 Å². The first-order valence-electron chi connectivity index (χ1n) is 6.17. The van der Waals surface area contributed by atoms with Crippen LogP contribution in [0.5, 0.6) is 0 Å². The zero-order valence-corrected chi connectivity index (χ0v) is 11.5. The normalized spacial score (nSPS) is 13.6. The lowest BCUT2D eigenvalue weighted by atomic mass is 10.1. The van der Waals surface area contributed by atoms with E-state index in [-0.39, 0.29) is 16.0 Å². The number of methoxy groups -OCH3 is 1. The fraction of sp³-hybridized carbons (Fsp3) is 0.286. The molecular weight excluding hydrogens is 285 g/mol. The first kappa shape index (κ1) is 13.1. The summed E-state index contributed by atoms with van der Waals surface area (Å²) >= 11 is 5.79. The quantitative estimate of drug-likeness (QED) is 0.760. The SMILES string of the molecule is COC(=O)c1c2n(c3cc(Cl)c(F)cc3c1=O)CCC2. The van der Waals surface area contributed by atoms with Crippen molar-refractivity contribution in [2.75, 3.05) is 7.11 Å². The van der Waals surface area contributed by atoms with Crippen LogP contribution in [0.4, 0.5) is 4.39 Å². The number of esters is 1. The topological polar surface area (TPSA) is 48.3 Å². The molecule has 0 fully saturated rings. The number of aryl methyl sites for hydroxylation is 1. The highest BCUT2D eigenvalue weighted by atomic mass is 35.5. The summed E-state index contributed by atoms with van der Waals surface area (Å²) in [7, 11) is 1.22. The lowest BCUT2D eigenvalue weighted by Gasteiger charge is -2.13. The van der Waals surface area contributed by atoms with Gasteiger partial charge in [-0.25, -0.2) is 9.18 Å². The van der Waals surface area contributed by atoms with Gasteiger partial charge < -0.3 is 9.30 Å². The summed E-state index contributed by atoms with van der Waals surface area (Å²) in [6.07, 6.45) is 1.43. The summed E-state index contributed by atoms with van der Waals surface area (Å²) in [5.41, 5.74) is 0.688. The monoisotopic (exact) mass is 295 g/mol. The third kappa shape index (κ3) is 1.73. The number of fused-ring (bicyclic) bond motifs is 3. The minimum absolute atomic E-state index is 0.000720. The van der Waals surface area contributed by atoms with E-state index < -0.39 is 17.2 Å². The Morgan fingerprint density at radius 3 is 2.90 bits per heavy atom. The average Bonchev–Trinajstić information content (AvgIpc) is 2.90. The Balaban J connectivity index is 2.49. The molecule has 4 nitrogen and oxygen atoms in total. The lowest BCUT2D eigenvalue weighted by Crippen LogP contribution is -2.22. The molecule has 6 heteroatoms. The van der Waals surface area contributed by atoms with Crippen molar-refractivity contribution in [3.05, 3.63) is 44.5 Å². The molecule has 0 saturated heterocycles. The zero-order chi connectivity index (χ0) is 14.4. The number of benzene rings is 1. The summed E-state index contributed by atoms with van der Waals surface area (Å²) in [6, 6.07) is 2.52. The van der Waals surface area contributed by atoms with E-state index in [1.165, 1.54) is 13.2 Å². The van der Waals surface area contributed by atoms with Crippen molar-refractivity contribution in [1.29, 1.82) is 0 Å². The molecule has 0 bridgehead atoms. The van der Waals surface area contributed by atoms with Crippen LogP contribution in [0.1, 0.15) is 22.5 Å². The van der Waals surface area contributed by atoms with E-state index in [1.54, 1.807) is 0 Å². The maximum absolute atomic E-state index is 13.6. The molecular formula is C14H11ClFNO3. The molecule has 2 heterocycles. The third-order valence-electron chi connectivity index (χ3n) is 3.60. The van der Waals surface area contributed by atoms with Crippen molar-refractivity contribution < 1.29 is 13.9 Å². The van der Waals surface area contributed by atoms with Gasteiger partial charge in [-0.3, -0.25) is 4.79 Å². The number of halogens is 2. The molecule has 1 aliphatic rings. The van der Waals surface area contributed by atoms with E-state index >= 15 is 0 Å². The maximum atomic E-state index is 13.6. The molecule has 0 N–H and O–H groups in total. The third-order valence-corrected chi connectivity index (χ3v) is 3.89. The van der Waals surface area contributed by atoms with Gasteiger partial charge >= 0.3 is 5.97 Å². The Morgan fingerprint density at radius 2 is 2.20 bits per heavy atom. The van der Waals surface area contributed by atoms with Crippen molar-refractivity contribution in [2.24, 2.45) is 0 Å². The molecule has 1 aliphatic heterocycles. The van der Waals surface area contributed by atoms with E-state index in [0.717, 1.165) is 12.5 Å². The standard InChI is InChI=1S/C14H11ClFNO3/c1-20-14(19)12-10-3-2-4-17(10)11-6-8(15)9(16)5-7(11)13(12)18/h5-6H,2-4H2,1H3. The van der Waals surface area contributed by atoms with E-state index in [0.29, 0.717) is 24.2 Å². The fourth-order valence-corrected chi connectivity index (χ4v) is 2.88. The van der Waals surface area contributed by atoms with E-state index in [1.807, 2.05) is 4.57 Å². The average molecular weight is 296 g/mol. The van der Waals surface area contributed by atoms with E-state index in [2.05, 4.69) is 4.74 Å². The zero-order valence-electron chi connectivity index (χ0n) is 10.7. The van der Waals surface area contributed by atoms with Crippen LogP contribution < -0.4 is 5.43 Å². The van der Waals surface area contributed by atoms with Crippen LogP contribution in [0.15, 0.2) is 16.9 Å². The van der Waals surface area contributed by atoms with Crippen LogP contribution >= 0.6 is 11.6 Å². The van der Waals surface area contributed by atoms with Crippen molar-refractivity contribution in [1.82, 2.24) is 4.57 Å². The molecule has 104 valence electrons. The molecule has 0 amide bonds. The van der Waals surface area contributed by atoms with Crippen LogP contribution in [0.3, 0.4) is 0 Å². The highest BCUT2D eigenvalue weighted by Crippen LogP contribution is 2.27. The van der Waals surface area contributed by atoms with E-state index in [4.69, 9.17) is 11.6 Å². The Kier molecular flexibility index (Phi) is 3.01. The molecule has 2 aromatic rings. The molecule has 0 saturated carbocycles. The number of rotatable bonds is 1. The summed E-state index contributed by atoms with van der Waals surface area (Å²) in [4.78, 5) is 24.3. The second-order valence-electron chi connectivity index (χ2n) is 4.68. The number of carbonyl (C=O) groups excluding carboxylic acids is 1. The van der Waals surface area contributed by atoms with Gasteiger partial charge in [0.25, 0.3) is 0 Å². The largest absolute Gasteiger partial charge is 0.465 e. The molecule has 0 spiro atoms. The van der Waals surface area contributed by atoms with Crippen LogP contribution in [-0.2, 0) is 17.7 Å². The van der Waals surface area contributed by atoms with Gasteiger partial charge in [0.15, 0.2) is 0 Å². The second kappa shape index (κ2) is 4.59. The number of carbonyl (C=O) groups is 1. The molecule has 3 rings (SSSR count). The lowest BCUT2D eigenvalue weighted by molar-refractivity contribution is 0.0597. The highest BCUT2D eigenvalue weighted by Gasteiger charge is 2.26. The van der Waals surface area contributed by atoms with Gasteiger partial charge in [0, 0.05) is 17.6 Å². The summed E-state index contributed by atoms with van der Waals surface area (Å²) < 4.78 is 20.1. The smallest absolute Gasteiger partial charge is 0.343 e. The molecule has 1 aromatic heterocycles. The van der Waals surface area contributed by atoms with E-state index in [9.17, 15) is 14.0 Å². The van der Waals surface area contributed by atoms with Crippen LogP contribution in [0, 0.1) is 5.82 Å². The summed E-state index contributed by atoms with van der Waals surface area (Å²) in [5.74, 6) is -1.36. The molecule has 0 atom stereocenters. The number of hydrogen-bond acceptors (Lipinski definition) is 3. The van der Waals surface area contributed by atoms with Crippen molar-refractivity contribution >= 4 is 28.5 Å². The van der Waals surface area contributed by atoms with Crippen molar-refractivity contribution in [3.8, 4) is 0 Å². The summed E-state index contributed by atoms with van der Waals surface area (Å²) in [6.45, 7) is 0.665. The molecule has 20 heavy (non-hydrogen) atoms. The number of aromatic nitrogens is 1. The van der Waals surface area contributed by atoms with Crippen LogP contribution in [0.2, 0.25) is 5.02 Å². The first-order valence-corrected chi connectivity index (χ1v) is 6.55. The van der Waals surface area contributed by atoms with Crippen LogP contribution in [-0.4, -0.2) is 17.6 Å². The minimum Gasteiger partial charge on any atom is -0.465 e. The van der Waals surface area contributed by atoms with Crippen molar-refractivity contribution in [3.63, 3.8) is 0 Å². The Hall–Kier alpha value is -1.88. The molecule has 0 unspecified atom stereocenters. The number of nitrogens with zero attached hydrogens (tertiary/aromatic N) is 1. The minimum atomic E-state index is -0.682. The Bertz CT molecular complexity index is 797. The molecule has 0 aliphatic carbocycles. The summed E-state index contributed by atoms with van der Waals surface area (Å²) in [5, 5.41) is 0.113. The molecule has 1 aromatic carbocycles. The fourth-order valence-electron chi connectivity index (χ4n) is 2.72. The predicted octanol–water partition coefficient (Wildman–Crippen LogP) is 2.53.